The molecular weight excluding hydrogens is 326 g/mol. The zero-order chi connectivity index (χ0) is 15.1. The van der Waals surface area contributed by atoms with Crippen LogP contribution in [0.4, 0.5) is 0 Å². The minimum Gasteiger partial charge on any atom is -0.335 e. The smallest absolute Gasteiger partial charge is 0.110 e. The predicted octanol–water partition coefficient (Wildman–Crippen LogP) is 3.82. The van der Waals surface area contributed by atoms with Crippen molar-refractivity contribution in [2.24, 2.45) is 0 Å². The monoisotopic (exact) mass is 349 g/mol. The minimum atomic E-state index is 0.429. The van der Waals surface area contributed by atoms with E-state index in [1.165, 1.54) is 11.4 Å². The molecule has 4 heteroatoms. The highest BCUT2D eigenvalue weighted by Crippen LogP contribution is 2.13. The summed E-state index contributed by atoms with van der Waals surface area (Å²) in [6, 6.07) is 9.03. The van der Waals surface area contributed by atoms with E-state index < -0.39 is 0 Å². The van der Waals surface area contributed by atoms with Gasteiger partial charge in [0.05, 0.1) is 0 Å². The van der Waals surface area contributed by atoms with Crippen LogP contribution in [-0.4, -0.2) is 22.1 Å². The molecule has 1 unspecified atom stereocenters. The van der Waals surface area contributed by atoms with Gasteiger partial charge < -0.3 is 9.88 Å². The van der Waals surface area contributed by atoms with E-state index in [9.17, 15) is 0 Å². The maximum atomic E-state index is 4.51. The molecule has 1 aromatic heterocycles. The van der Waals surface area contributed by atoms with E-state index >= 15 is 0 Å². The highest BCUT2D eigenvalue weighted by Gasteiger charge is 2.13. The lowest BCUT2D eigenvalue weighted by atomic mass is 10.0. The quantitative estimate of drug-likeness (QED) is 0.784. The van der Waals surface area contributed by atoms with Gasteiger partial charge in [-0.05, 0) is 44.0 Å². The van der Waals surface area contributed by atoms with Crippen LogP contribution in [0, 0.1) is 0 Å². The SMILES string of the molecule is CCCNC(Cc1ccc(Br)cc1)Cc1nccn1CC. The molecule has 1 heterocycles. The Morgan fingerprint density at radius 3 is 2.62 bits per heavy atom. The molecule has 1 N–H and O–H groups in total. The molecule has 0 radical (unpaired) electrons. The van der Waals surface area contributed by atoms with Gasteiger partial charge >= 0.3 is 0 Å². The van der Waals surface area contributed by atoms with Gasteiger partial charge in [-0.25, -0.2) is 4.98 Å². The van der Waals surface area contributed by atoms with Crippen LogP contribution in [0.2, 0.25) is 0 Å². The maximum Gasteiger partial charge on any atom is 0.110 e. The van der Waals surface area contributed by atoms with Crippen molar-refractivity contribution >= 4 is 15.9 Å². The fourth-order valence-electron chi connectivity index (χ4n) is 2.51. The molecule has 0 fully saturated rings. The second kappa shape index (κ2) is 8.35. The van der Waals surface area contributed by atoms with Crippen molar-refractivity contribution in [3.05, 3.63) is 52.5 Å². The third-order valence-electron chi connectivity index (χ3n) is 3.65. The summed E-state index contributed by atoms with van der Waals surface area (Å²) in [5.41, 5.74) is 1.36. The van der Waals surface area contributed by atoms with Crippen molar-refractivity contribution in [3.63, 3.8) is 0 Å². The Kier molecular flexibility index (Phi) is 6.46. The van der Waals surface area contributed by atoms with Gasteiger partial charge in [-0.3, -0.25) is 0 Å². The molecule has 1 atom stereocenters. The van der Waals surface area contributed by atoms with Crippen molar-refractivity contribution in [1.29, 1.82) is 0 Å². The van der Waals surface area contributed by atoms with Crippen LogP contribution in [0.25, 0.3) is 0 Å². The van der Waals surface area contributed by atoms with Crippen molar-refractivity contribution in [1.82, 2.24) is 14.9 Å². The number of aromatic nitrogens is 2. The van der Waals surface area contributed by atoms with Crippen molar-refractivity contribution < 1.29 is 0 Å². The molecule has 0 bridgehead atoms. The van der Waals surface area contributed by atoms with Crippen LogP contribution < -0.4 is 5.32 Å². The molecular formula is C17H24BrN3. The fourth-order valence-corrected chi connectivity index (χ4v) is 2.77. The molecule has 3 nitrogen and oxygen atoms in total. The molecule has 21 heavy (non-hydrogen) atoms. The summed E-state index contributed by atoms with van der Waals surface area (Å²) in [6.07, 6.45) is 7.11. The Morgan fingerprint density at radius 1 is 1.19 bits per heavy atom. The first-order chi connectivity index (χ1) is 10.2. The van der Waals surface area contributed by atoms with Gasteiger partial charge in [0.15, 0.2) is 0 Å². The fraction of sp³-hybridized carbons (Fsp3) is 0.471. The van der Waals surface area contributed by atoms with Gasteiger partial charge in [0.1, 0.15) is 5.82 Å². The Morgan fingerprint density at radius 2 is 1.95 bits per heavy atom. The zero-order valence-corrected chi connectivity index (χ0v) is 14.4. The van der Waals surface area contributed by atoms with Crippen LogP contribution >= 0.6 is 15.9 Å². The third-order valence-corrected chi connectivity index (χ3v) is 4.18. The van der Waals surface area contributed by atoms with Crippen molar-refractivity contribution in [3.8, 4) is 0 Å². The zero-order valence-electron chi connectivity index (χ0n) is 12.8. The molecule has 0 aliphatic heterocycles. The van der Waals surface area contributed by atoms with E-state index in [1.54, 1.807) is 0 Å². The Bertz CT molecular complexity index is 533. The lowest BCUT2D eigenvalue weighted by Crippen LogP contribution is -2.34. The molecule has 0 aliphatic rings. The van der Waals surface area contributed by atoms with Crippen molar-refractivity contribution in [2.75, 3.05) is 6.54 Å². The van der Waals surface area contributed by atoms with Crippen LogP contribution in [0.15, 0.2) is 41.1 Å². The second-order valence-corrected chi connectivity index (χ2v) is 6.23. The molecule has 0 spiro atoms. The molecule has 114 valence electrons. The summed E-state index contributed by atoms with van der Waals surface area (Å²) in [7, 11) is 0. The maximum absolute atomic E-state index is 4.51. The molecule has 1 aromatic carbocycles. The summed E-state index contributed by atoms with van der Waals surface area (Å²) in [4.78, 5) is 4.51. The Balaban J connectivity index is 2.05. The molecule has 0 saturated heterocycles. The number of benzene rings is 1. The van der Waals surface area contributed by atoms with Crippen LogP contribution in [0.1, 0.15) is 31.7 Å². The number of aryl methyl sites for hydroxylation is 1. The molecule has 0 amide bonds. The van der Waals surface area contributed by atoms with E-state index in [-0.39, 0.29) is 0 Å². The van der Waals surface area contributed by atoms with Gasteiger partial charge in [0.2, 0.25) is 0 Å². The van der Waals surface area contributed by atoms with E-state index in [0.717, 1.165) is 36.8 Å². The van der Waals surface area contributed by atoms with E-state index in [2.05, 4.69) is 75.1 Å². The van der Waals surface area contributed by atoms with E-state index in [1.807, 2.05) is 6.20 Å². The number of hydrogen-bond acceptors (Lipinski definition) is 2. The van der Waals surface area contributed by atoms with E-state index in [0.29, 0.717) is 6.04 Å². The highest BCUT2D eigenvalue weighted by atomic mass is 79.9. The number of nitrogens with one attached hydrogen (secondary N) is 1. The molecule has 2 rings (SSSR count). The predicted molar refractivity (Wildman–Crippen MR) is 91.5 cm³/mol. The normalized spacial score (nSPS) is 12.5. The number of rotatable bonds is 8. The van der Waals surface area contributed by atoms with Crippen LogP contribution in [0.5, 0.6) is 0 Å². The Labute approximate surface area is 135 Å². The third kappa shape index (κ3) is 4.97. The van der Waals surface area contributed by atoms with Crippen molar-refractivity contribution in [2.45, 2.75) is 45.7 Å². The second-order valence-electron chi connectivity index (χ2n) is 5.32. The summed E-state index contributed by atoms with van der Waals surface area (Å²) in [5, 5.41) is 3.66. The standard InChI is InChI=1S/C17H24BrN3/c1-3-9-19-16(12-14-5-7-15(18)8-6-14)13-17-20-10-11-21(17)4-2/h5-8,10-11,16,19H,3-4,9,12-13H2,1-2H3. The van der Waals surface area contributed by atoms with Gasteiger partial charge in [-0.15, -0.1) is 0 Å². The lowest BCUT2D eigenvalue weighted by Gasteiger charge is -2.19. The highest BCUT2D eigenvalue weighted by molar-refractivity contribution is 9.10. The van der Waals surface area contributed by atoms with E-state index in [4.69, 9.17) is 0 Å². The summed E-state index contributed by atoms with van der Waals surface area (Å²) < 4.78 is 3.35. The summed E-state index contributed by atoms with van der Waals surface area (Å²) in [5.74, 6) is 1.17. The number of hydrogen-bond donors (Lipinski definition) is 1. The molecule has 2 aromatic rings. The summed E-state index contributed by atoms with van der Waals surface area (Å²) in [6.45, 7) is 6.40. The van der Waals surface area contributed by atoms with Crippen LogP contribution in [0.3, 0.4) is 0 Å². The average Bonchev–Trinajstić information content (AvgIpc) is 2.94. The molecule has 0 aliphatic carbocycles. The lowest BCUT2D eigenvalue weighted by molar-refractivity contribution is 0.485. The number of imidazole rings is 1. The molecule has 0 saturated carbocycles. The van der Waals surface area contributed by atoms with Gasteiger partial charge in [0, 0.05) is 35.9 Å². The average molecular weight is 350 g/mol. The van der Waals surface area contributed by atoms with Gasteiger partial charge in [-0.2, -0.15) is 0 Å². The Hall–Kier alpha value is -1.13. The summed E-state index contributed by atoms with van der Waals surface area (Å²) >= 11 is 3.49. The first-order valence-electron chi connectivity index (χ1n) is 7.70. The first-order valence-corrected chi connectivity index (χ1v) is 8.50. The minimum absolute atomic E-state index is 0.429. The van der Waals surface area contributed by atoms with Crippen LogP contribution in [-0.2, 0) is 19.4 Å². The van der Waals surface area contributed by atoms with Gasteiger partial charge in [-0.1, -0.05) is 35.0 Å². The number of nitrogens with zero attached hydrogens (tertiary/aromatic N) is 2. The number of halogens is 1. The first kappa shape index (κ1) is 16.2. The van der Waals surface area contributed by atoms with Gasteiger partial charge in [0.25, 0.3) is 0 Å². The largest absolute Gasteiger partial charge is 0.335 e. The topological polar surface area (TPSA) is 29.9 Å².